The molecule has 0 bridgehead atoms. The zero-order valence-electron chi connectivity index (χ0n) is 8.92. The lowest BCUT2D eigenvalue weighted by molar-refractivity contribution is -0.129. The van der Waals surface area contributed by atoms with Gasteiger partial charge in [0.15, 0.2) is 0 Å². The molecule has 0 aromatic carbocycles. The lowest BCUT2D eigenvalue weighted by Gasteiger charge is -2.08. The fraction of sp³-hybridized carbons (Fsp3) is 0.400. The summed E-state index contributed by atoms with van der Waals surface area (Å²) in [5.41, 5.74) is 1.63. The minimum Gasteiger partial charge on any atom is -0.289 e. The van der Waals surface area contributed by atoms with Crippen molar-refractivity contribution in [1.82, 2.24) is 10.5 Å². The maximum Gasteiger partial charge on any atom is 0.243 e. The number of nitrogens with zero attached hydrogens (tertiary/aromatic N) is 1. The Balaban J connectivity index is 2.20. The minimum absolute atomic E-state index is 0.337. The van der Waals surface area contributed by atoms with Gasteiger partial charge in [0.25, 0.3) is 0 Å². The second-order valence-corrected chi connectivity index (χ2v) is 5.89. The van der Waals surface area contributed by atoms with Crippen molar-refractivity contribution in [3.63, 3.8) is 0 Å². The van der Waals surface area contributed by atoms with E-state index in [1.54, 1.807) is 33.3 Å². The normalized spacial score (nSPS) is 12.1. The number of nitrogens with one attached hydrogen (secondary N) is 1. The Morgan fingerprint density at radius 2 is 2.44 bits per heavy atom. The summed E-state index contributed by atoms with van der Waals surface area (Å²) in [6.07, 6.45) is 2.83. The number of hydrogen-bond acceptors (Lipinski definition) is 5. The third-order valence-corrected chi connectivity index (χ3v) is 4.70. The Labute approximate surface area is 103 Å². The zero-order valence-corrected chi connectivity index (χ0v) is 10.6. The molecule has 0 aliphatic rings. The molecule has 0 radical (unpaired) electrons. The second kappa shape index (κ2) is 7.54. The molecule has 0 saturated heterocycles. The van der Waals surface area contributed by atoms with Gasteiger partial charge in [0.05, 0.1) is 0 Å². The maximum absolute atomic E-state index is 10.8. The van der Waals surface area contributed by atoms with Gasteiger partial charge in [0.2, 0.25) is 5.91 Å². The summed E-state index contributed by atoms with van der Waals surface area (Å²) < 4.78 is 0. The van der Waals surface area contributed by atoms with Gasteiger partial charge in [-0.05, 0) is 29.3 Å². The molecule has 1 amide bonds. The molecule has 1 heterocycles. The standard InChI is InChI=1S/C10H14N2O2S2/c1-8(5-6-9(13)12-14)15-16-10-4-2-3-7-11-10/h2-4,7-8,14H,5-6H2,1H3,(H,12,13). The monoisotopic (exact) mass is 258 g/mol. The topological polar surface area (TPSA) is 62.2 Å². The Morgan fingerprint density at radius 1 is 1.62 bits per heavy atom. The summed E-state index contributed by atoms with van der Waals surface area (Å²) in [6, 6.07) is 5.77. The van der Waals surface area contributed by atoms with Gasteiger partial charge in [-0.2, -0.15) is 0 Å². The van der Waals surface area contributed by atoms with Crippen LogP contribution in [0.15, 0.2) is 29.4 Å². The predicted molar refractivity (Wildman–Crippen MR) is 66.3 cm³/mol. The van der Waals surface area contributed by atoms with Gasteiger partial charge in [-0.3, -0.25) is 10.0 Å². The first-order valence-corrected chi connectivity index (χ1v) is 7.11. The third kappa shape index (κ3) is 5.39. The number of carbonyl (C=O) groups excluding carboxylic acids is 1. The van der Waals surface area contributed by atoms with Crippen molar-refractivity contribution in [3.8, 4) is 0 Å². The zero-order chi connectivity index (χ0) is 11.8. The SMILES string of the molecule is CC(CCC(=O)NO)SSc1ccccn1. The molecular weight excluding hydrogens is 244 g/mol. The number of carbonyl (C=O) groups is 1. The minimum atomic E-state index is -0.338. The van der Waals surface area contributed by atoms with E-state index >= 15 is 0 Å². The largest absolute Gasteiger partial charge is 0.289 e. The van der Waals surface area contributed by atoms with Crippen LogP contribution in [0.3, 0.4) is 0 Å². The fourth-order valence-electron chi connectivity index (χ4n) is 0.966. The van der Waals surface area contributed by atoms with Gasteiger partial charge in [0.1, 0.15) is 5.03 Å². The smallest absolute Gasteiger partial charge is 0.243 e. The van der Waals surface area contributed by atoms with Crippen LogP contribution >= 0.6 is 21.6 Å². The summed E-state index contributed by atoms with van der Waals surface area (Å²) in [7, 11) is 3.27. The number of rotatable bonds is 6. The van der Waals surface area contributed by atoms with Crippen LogP contribution in [-0.2, 0) is 4.79 Å². The highest BCUT2D eigenvalue weighted by molar-refractivity contribution is 8.76. The molecule has 16 heavy (non-hydrogen) atoms. The molecule has 0 saturated carbocycles. The van der Waals surface area contributed by atoms with Crippen LogP contribution in [0, 0.1) is 0 Å². The molecule has 88 valence electrons. The van der Waals surface area contributed by atoms with Crippen molar-refractivity contribution >= 4 is 27.5 Å². The molecule has 0 aliphatic heterocycles. The molecule has 1 aromatic rings. The van der Waals surface area contributed by atoms with Gasteiger partial charge < -0.3 is 0 Å². The fourth-order valence-corrected chi connectivity index (χ4v) is 3.05. The average Bonchev–Trinajstić information content (AvgIpc) is 2.34. The summed E-state index contributed by atoms with van der Waals surface area (Å²) in [6.45, 7) is 2.05. The van der Waals surface area contributed by atoms with E-state index in [0.29, 0.717) is 11.7 Å². The number of aromatic nitrogens is 1. The number of pyridine rings is 1. The lowest BCUT2D eigenvalue weighted by Crippen LogP contribution is -2.19. The second-order valence-electron chi connectivity index (χ2n) is 3.23. The summed E-state index contributed by atoms with van der Waals surface area (Å²) >= 11 is 0. The molecule has 1 aromatic heterocycles. The van der Waals surface area contributed by atoms with Gasteiger partial charge >= 0.3 is 0 Å². The van der Waals surface area contributed by atoms with E-state index in [9.17, 15) is 4.79 Å². The number of hydroxylamine groups is 1. The summed E-state index contributed by atoms with van der Waals surface area (Å²) in [4.78, 5) is 15.0. The van der Waals surface area contributed by atoms with Crippen LogP contribution in [0.25, 0.3) is 0 Å². The Bertz CT molecular complexity index is 322. The number of hydrogen-bond donors (Lipinski definition) is 2. The van der Waals surface area contributed by atoms with E-state index in [0.717, 1.165) is 11.4 Å². The van der Waals surface area contributed by atoms with Crippen molar-refractivity contribution in [2.45, 2.75) is 30.0 Å². The van der Waals surface area contributed by atoms with Crippen molar-refractivity contribution in [1.29, 1.82) is 0 Å². The first kappa shape index (κ1) is 13.3. The molecule has 4 nitrogen and oxygen atoms in total. The number of amides is 1. The van der Waals surface area contributed by atoms with Crippen molar-refractivity contribution in [2.75, 3.05) is 0 Å². The molecule has 0 fully saturated rings. The van der Waals surface area contributed by atoms with Crippen LogP contribution < -0.4 is 5.48 Å². The van der Waals surface area contributed by atoms with E-state index in [1.165, 1.54) is 0 Å². The van der Waals surface area contributed by atoms with E-state index in [2.05, 4.69) is 4.98 Å². The molecule has 6 heteroatoms. The van der Waals surface area contributed by atoms with Crippen molar-refractivity contribution < 1.29 is 10.0 Å². The Kier molecular flexibility index (Phi) is 6.29. The first-order valence-electron chi connectivity index (χ1n) is 4.89. The molecule has 1 rings (SSSR count). The molecule has 1 atom stereocenters. The van der Waals surface area contributed by atoms with E-state index < -0.39 is 0 Å². The Hall–Kier alpha value is -0.720. The average molecular weight is 258 g/mol. The van der Waals surface area contributed by atoms with Gasteiger partial charge in [0, 0.05) is 17.9 Å². The molecule has 0 spiro atoms. The molecule has 1 unspecified atom stereocenters. The molecule has 2 N–H and O–H groups in total. The van der Waals surface area contributed by atoms with Crippen LogP contribution in [0.2, 0.25) is 0 Å². The summed E-state index contributed by atoms with van der Waals surface area (Å²) in [5, 5.41) is 9.64. The van der Waals surface area contributed by atoms with E-state index in [4.69, 9.17) is 5.21 Å². The van der Waals surface area contributed by atoms with Crippen molar-refractivity contribution in [3.05, 3.63) is 24.4 Å². The third-order valence-electron chi connectivity index (χ3n) is 1.84. The van der Waals surface area contributed by atoms with Crippen LogP contribution in [0.5, 0.6) is 0 Å². The van der Waals surface area contributed by atoms with E-state index in [1.807, 2.05) is 25.1 Å². The van der Waals surface area contributed by atoms with Gasteiger partial charge in [-0.15, -0.1) is 0 Å². The predicted octanol–water partition coefficient (Wildman–Crippen LogP) is 2.50. The molecule has 0 aliphatic carbocycles. The van der Waals surface area contributed by atoms with Crippen LogP contribution in [0.1, 0.15) is 19.8 Å². The highest BCUT2D eigenvalue weighted by atomic mass is 33.1. The molecular formula is C10H14N2O2S2. The van der Waals surface area contributed by atoms with Gasteiger partial charge in [-0.1, -0.05) is 23.8 Å². The highest BCUT2D eigenvalue weighted by Crippen LogP contribution is 2.34. The van der Waals surface area contributed by atoms with E-state index in [-0.39, 0.29) is 5.91 Å². The highest BCUT2D eigenvalue weighted by Gasteiger charge is 2.07. The summed E-state index contributed by atoms with van der Waals surface area (Å²) in [5.74, 6) is -0.338. The van der Waals surface area contributed by atoms with Crippen LogP contribution in [-0.4, -0.2) is 21.3 Å². The lowest BCUT2D eigenvalue weighted by atomic mass is 10.2. The van der Waals surface area contributed by atoms with Crippen LogP contribution in [0.4, 0.5) is 0 Å². The van der Waals surface area contributed by atoms with Gasteiger partial charge in [-0.25, -0.2) is 10.5 Å². The first-order chi connectivity index (χ1) is 7.72. The quantitative estimate of drug-likeness (QED) is 0.466. The van der Waals surface area contributed by atoms with Crippen molar-refractivity contribution in [2.24, 2.45) is 0 Å². The Morgan fingerprint density at radius 3 is 3.06 bits per heavy atom. The maximum atomic E-state index is 10.8.